The molecule has 11 nitrogen and oxygen atoms in total. The van der Waals surface area contributed by atoms with Gasteiger partial charge in [-0.1, -0.05) is 35.1 Å². The quantitative estimate of drug-likeness (QED) is 0.330. The molecule has 0 atom stereocenters. The minimum atomic E-state index is -0.782. The molecule has 3 amide bonds. The number of methoxy groups -OCH3 is 2. The Hall–Kier alpha value is -4.55. The number of carbonyl (C=O) groups is 5. The van der Waals surface area contributed by atoms with Crippen molar-refractivity contribution in [3.05, 3.63) is 81.0 Å². The van der Waals surface area contributed by atoms with Crippen molar-refractivity contribution >= 4 is 69.1 Å². The standard InChI is InChI=1S/C25H19ClN4O7S/c1-12-19(24(35)37-3)38-25(27-12)29-20(31)13-6-4-8-15(10-13)28-18-17(26)21(32)30(22(18)33)16-9-5-7-14(11-16)23(34)36-2/h4-11,28H,1-3H3,(H,27,29,31). The van der Waals surface area contributed by atoms with Crippen LogP contribution in [0.2, 0.25) is 0 Å². The number of anilines is 3. The van der Waals surface area contributed by atoms with Crippen LogP contribution in [0.15, 0.2) is 59.3 Å². The second-order valence-corrected chi connectivity index (χ2v) is 9.14. The summed E-state index contributed by atoms with van der Waals surface area (Å²) in [4.78, 5) is 67.6. The van der Waals surface area contributed by atoms with Gasteiger partial charge in [0.05, 0.1) is 31.2 Å². The van der Waals surface area contributed by atoms with Crippen molar-refractivity contribution in [2.45, 2.75) is 6.92 Å². The van der Waals surface area contributed by atoms with Gasteiger partial charge in [0.1, 0.15) is 15.6 Å². The van der Waals surface area contributed by atoms with E-state index in [1.165, 1.54) is 50.6 Å². The SMILES string of the molecule is COC(=O)c1cccc(N2C(=O)C(Cl)=C(Nc3cccc(C(=O)Nc4nc(C)c(C(=O)OC)s4)c3)C2=O)c1. The first-order valence-corrected chi connectivity index (χ1v) is 12.0. The highest BCUT2D eigenvalue weighted by Crippen LogP contribution is 2.31. The zero-order valence-electron chi connectivity index (χ0n) is 20.2. The summed E-state index contributed by atoms with van der Waals surface area (Å²) in [6.45, 7) is 1.62. The number of nitrogens with zero attached hydrogens (tertiary/aromatic N) is 2. The highest BCUT2D eigenvalue weighted by molar-refractivity contribution is 7.17. The Morgan fingerprint density at radius 2 is 1.63 bits per heavy atom. The maximum absolute atomic E-state index is 13.1. The molecule has 0 aliphatic carbocycles. The Morgan fingerprint density at radius 1 is 0.947 bits per heavy atom. The third kappa shape index (κ3) is 5.12. The van der Waals surface area contributed by atoms with Crippen LogP contribution < -0.4 is 15.5 Å². The lowest BCUT2D eigenvalue weighted by molar-refractivity contribution is -0.120. The van der Waals surface area contributed by atoms with Gasteiger partial charge in [-0.3, -0.25) is 19.7 Å². The molecule has 0 bridgehead atoms. The Labute approximate surface area is 225 Å². The fourth-order valence-corrected chi connectivity index (χ4v) is 4.61. The summed E-state index contributed by atoms with van der Waals surface area (Å²) in [6.07, 6.45) is 0. The average molecular weight is 555 g/mol. The highest BCUT2D eigenvalue weighted by Gasteiger charge is 2.39. The molecule has 0 fully saturated rings. The van der Waals surface area contributed by atoms with E-state index in [0.717, 1.165) is 16.2 Å². The predicted molar refractivity (Wildman–Crippen MR) is 139 cm³/mol. The third-order valence-electron chi connectivity index (χ3n) is 5.33. The second kappa shape index (κ2) is 10.8. The fourth-order valence-electron chi connectivity index (χ4n) is 3.52. The van der Waals surface area contributed by atoms with Crippen LogP contribution in [0.3, 0.4) is 0 Å². The summed E-state index contributed by atoms with van der Waals surface area (Å²) in [6, 6.07) is 11.9. The lowest BCUT2D eigenvalue weighted by Crippen LogP contribution is -2.32. The van der Waals surface area contributed by atoms with Gasteiger partial charge in [-0.25, -0.2) is 19.5 Å². The van der Waals surface area contributed by atoms with Crippen LogP contribution in [0.1, 0.15) is 36.1 Å². The van der Waals surface area contributed by atoms with Crippen LogP contribution in [0.5, 0.6) is 0 Å². The van der Waals surface area contributed by atoms with E-state index >= 15 is 0 Å². The Morgan fingerprint density at radius 3 is 2.34 bits per heavy atom. The van der Waals surface area contributed by atoms with E-state index in [0.29, 0.717) is 11.4 Å². The minimum absolute atomic E-state index is 0.135. The maximum atomic E-state index is 13.1. The van der Waals surface area contributed by atoms with Crippen molar-refractivity contribution in [3.63, 3.8) is 0 Å². The number of aromatic nitrogens is 1. The smallest absolute Gasteiger partial charge is 0.350 e. The molecule has 0 unspecified atom stereocenters. The van der Waals surface area contributed by atoms with Gasteiger partial charge in [0, 0.05) is 11.3 Å². The summed E-state index contributed by atoms with van der Waals surface area (Å²) < 4.78 is 9.39. The molecule has 4 rings (SSSR count). The number of carbonyl (C=O) groups excluding carboxylic acids is 5. The number of rotatable bonds is 7. The molecule has 1 aliphatic heterocycles. The monoisotopic (exact) mass is 554 g/mol. The zero-order valence-corrected chi connectivity index (χ0v) is 21.7. The number of halogens is 1. The van der Waals surface area contributed by atoms with Crippen LogP contribution in [0, 0.1) is 6.92 Å². The number of esters is 2. The number of nitrogens with one attached hydrogen (secondary N) is 2. The van der Waals surface area contributed by atoms with Gasteiger partial charge in [-0.05, 0) is 43.3 Å². The molecule has 2 aromatic carbocycles. The summed E-state index contributed by atoms with van der Waals surface area (Å²) in [5, 5.41) is 5.27. The van der Waals surface area contributed by atoms with Crippen LogP contribution in [0.25, 0.3) is 0 Å². The van der Waals surface area contributed by atoms with Gasteiger partial charge in [-0.2, -0.15) is 0 Å². The van der Waals surface area contributed by atoms with E-state index in [9.17, 15) is 24.0 Å². The average Bonchev–Trinajstić information content (AvgIpc) is 3.39. The van der Waals surface area contributed by atoms with Gasteiger partial charge in [0.15, 0.2) is 5.13 Å². The number of hydrogen-bond donors (Lipinski definition) is 2. The van der Waals surface area contributed by atoms with Crippen molar-refractivity contribution in [1.82, 2.24) is 4.98 Å². The van der Waals surface area contributed by atoms with Gasteiger partial charge < -0.3 is 14.8 Å². The van der Waals surface area contributed by atoms with Gasteiger partial charge in [-0.15, -0.1) is 0 Å². The number of hydrogen-bond acceptors (Lipinski definition) is 10. The lowest BCUT2D eigenvalue weighted by atomic mass is 10.2. The number of thiazole rings is 1. The summed E-state index contributed by atoms with van der Waals surface area (Å²) in [7, 11) is 2.47. The summed E-state index contributed by atoms with van der Waals surface area (Å²) in [5.74, 6) is -3.23. The lowest BCUT2D eigenvalue weighted by Gasteiger charge is -2.16. The van der Waals surface area contributed by atoms with Gasteiger partial charge >= 0.3 is 11.9 Å². The normalized spacial score (nSPS) is 13.0. The number of ether oxygens (including phenoxy) is 2. The molecular formula is C25H19ClN4O7S. The van der Waals surface area contributed by atoms with Gasteiger partial charge in [0.25, 0.3) is 17.7 Å². The Kier molecular flexibility index (Phi) is 7.55. The molecule has 0 spiro atoms. The van der Waals surface area contributed by atoms with E-state index in [1.54, 1.807) is 19.1 Å². The van der Waals surface area contributed by atoms with E-state index in [2.05, 4.69) is 20.4 Å². The molecule has 13 heteroatoms. The van der Waals surface area contributed by atoms with E-state index in [4.69, 9.17) is 16.3 Å². The molecule has 194 valence electrons. The van der Waals surface area contributed by atoms with Crippen molar-refractivity contribution in [2.75, 3.05) is 29.8 Å². The van der Waals surface area contributed by atoms with Crippen LogP contribution >= 0.6 is 22.9 Å². The number of imide groups is 1. The maximum Gasteiger partial charge on any atom is 0.350 e. The van der Waals surface area contributed by atoms with Crippen molar-refractivity contribution in [2.24, 2.45) is 0 Å². The van der Waals surface area contributed by atoms with Crippen LogP contribution in [-0.2, 0) is 19.1 Å². The first kappa shape index (κ1) is 26.5. The van der Waals surface area contributed by atoms with E-state index in [-0.39, 0.29) is 37.6 Å². The second-order valence-electron chi connectivity index (χ2n) is 7.76. The molecule has 1 aromatic heterocycles. The molecule has 0 saturated heterocycles. The van der Waals surface area contributed by atoms with E-state index in [1.807, 2.05) is 0 Å². The Balaban J connectivity index is 1.53. The molecule has 0 radical (unpaired) electrons. The van der Waals surface area contributed by atoms with Crippen molar-refractivity contribution in [3.8, 4) is 0 Å². The minimum Gasteiger partial charge on any atom is -0.465 e. The summed E-state index contributed by atoms with van der Waals surface area (Å²) >= 11 is 7.18. The number of aryl methyl sites for hydroxylation is 1. The molecule has 0 saturated carbocycles. The fraction of sp³-hybridized carbons (Fsp3) is 0.120. The van der Waals surface area contributed by atoms with E-state index < -0.39 is 29.7 Å². The first-order valence-electron chi connectivity index (χ1n) is 10.9. The van der Waals surface area contributed by atoms with Crippen molar-refractivity contribution in [1.29, 1.82) is 0 Å². The van der Waals surface area contributed by atoms with Gasteiger partial charge in [0.2, 0.25) is 0 Å². The topological polar surface area (TPSA) is 144 Å². The molecule has 2 N–H and O–H groups in total. The van der Waals surface area contributed by atoms with Crippen molar-refractivity contribution < 1.29 is 33.4 Å². The molecule has 1 aliphatic rings. The molecule has 38 heavy (non-hydrogen) atoms. The van der Waals surface area contributed by atoms with Crippen LogP contribution in [0.4, 0.5) is 16.5 Å². The first-order chi connectivity index (χ1) is 18.1. The largest absolute Gasteiger partial charge is 0.465 e. The molecular weight excluding hydrogens is 536 g/mol. The highest BCUT2D eigenvalue weighted by atomic mass is 35.5. The predicted octanol–water partition coefficient (Wildman–Crippen LogP) is 3.71. The molecule has 3 aromatic rings. The summed E-state index contributed by atoms with van der Waals surface area (Å²) in [5.41, 5.74) is 1.02. The number of amides is 3. The van der Waals surface area contributed by atoms with Crippen LogP contribution in [-0.4, -0.2) is 48.9 Å². The third-order valence-corrected chi connectivity index (χ3v) is 6.74. The Bertz CT molecular complexity index is 1530. The number of benzene rings is 2. The molecule has 2 heterocycles. The zero-order chi connectivity index (χ0) is 27.6.